The van der Waals surface area contributed by atoms with Gasteiger partial charge in [-0.05, 0) is 89.3 Å². The Hall–Kier alpha value is -1.28. The van der Waals surface area contributed by atoms with Crippen molar-refractivity contribution in [1.29, 1.82) is 0 Å². The first kappa shape index (κ1) is 21.0. The highest BCUT2D eigenvalue weighted by Crippen LogP contribution is 2.29. The van der Waals surface area contributed by atoms with Gasteiger partial charge in [0.2, 0.25) is 0 Å². The Morgan fingerprint density at radius 3 is 2.73 bits per heavy atom. The average Bonchev–Trinajstić information content (AvgIpc) is 2.48. The zero-order valence-corrected chi connectivity index (χ0v) is 17.5. The molecule has 1 aromatic rings. The van der Waals surface area contributed by atoms with Gasteiger partial charge in [-0.1, -0.05) is 41.8 Å². The number of benzene rings is 1. The summed E-state index contributed by atoms with van der Waals surface area (Å²) < 4.78 is 5.45. The molecule has 26 heavy (non-hydrogen) atoms. The Kier molecular flexibility index (Phi) is 7.76. The quantitative estimate of drug-likeness (QED) is 0.416. The number of halogens is 1. The second kappa shape index (κ2) is 9.60. The van der Waals surface area contributed by atoms with Crippen LogP contribution < -0.4 is 0 Å². The fourth-order valence-corrected chi connectivity index (χ4v) is 3.94. The van der Waals surface area contributed by atoms with Crippen LogP contribution in [0.3, 0.4) is 0 Å². The minimum absolute atomic E-state index is 0.102. The van der Waals surface area contributed by atoms with Gasteiger partial charge in [0, 0.05) is 5.02 Å². The number of carbonyl (C=O) groups is 1. The van der Waals surface area contributed by atoms with Gasteiger partial charge in [-0.3, -0.25) is 4.79 Å². The molecular weight excluding hydrogens is 344 g/mol. The van der Waals surface area contributed by atoms with Gasteiger partial charge < -0.3 is 4.74 Å². The van der Waals surface area contributed by atoms with E-state index >= 15 is 0 Å². The zero-order valence-electron chi connectivity index (χ0n) is 16.7. The smallest absolute Gasteiger partial charge is 0.310 e. The number of hydrogen-bond acceptors (Lipinski definition) is 2. The van der Waals surface area contributed by atoms with E-state index < -0.39 is 5.60 Å². The number of esters is 1. The second-order valence-corrected chi connectivity index (χ2v) is 9.00. The normalized spacial score (nSPS) is 18.7. The summed E-state index contributed by atoms with van der Waals surface area (Å²) in [6, 6.07) is 6.37. The van der Waals surface area contributed by atoms with Crippen LogP contribution in [0.2, 0.25) is 5.02 Å². The molecule has 0 heterocycles. The van der Waals surface area contributed by atoms with Crippen molar-refractivity contribution in [3.05, 3.63) is 46.0 Å². The summed E-state index contributed by atoms with van der Waals surface area (Å²) in [5, 5.41) is 0.899. The summed E-state index contributed by atoms with van der Waals surface area (Å²) in [6.07, 6.45) is 10.6. The highest BCUT2D eigenvalue weighted by molar-refractivity contribution is 6.31. The Labute approximate surface area is 164 Å². The first-order valence-corrected chi connectivity index (χ1v) is 10.3. The van der Waals surface area contributed by atoms with Gasteiger partial charge >= 0.3 is 5.97 Å². The average molecular weight is 377 g/mol. The van der Waals surface area contributed by atoms with Crippen LogP contribution in [-0.4, -0.2) is 11.6 Å². The van der Waals surface area contributed by atoms with Crippen LogP contribution in [0, 0.1) is 12.8 Å². The molecule has 144 valence electrons. The monoisotopic (exact) mass is 376 g/mol. The minimum atomic E-state index is -0.401. The lowest BCUT2D eigenvalue weighted by atomic mass is 9.86. The van der Waals surface area contributed by atoms with Crippen molar-refractivity contribution in [2.45, 2.75) is 84.7 Å². The second-order valence-electron chi connectivity index (χ2n) is 8.59. The van der Waals surface area contributed by atoms with E-state index in [9.17, 15) is 4.79 Å². The van der Waals surface area contributed by atoms with Crippen LogP contribution in [0.15, 0.2) is 29.8 Å². The van der Waals surface area contributed by atoms with E-state index in [1.807, 2.05) is 20.8 Å². The summed E-state index contributed by atoms with van der Waals surface area (Å²) in [4.78, 5) is 12.0. The molecule has 1 aliphatic carbocycles. The first-order chi connectivity index (χ1) is 12.2. The molecule has 0 saturated heterocycles. The number of hydrogen-bond donors (Lipinski definition) is 0. The van der Waals surface area contributed by atoms with Gasteiger partial charge in [-0.15, -0.1) is 0 Å². The summed E-state index contributed by atoms with van der Waals surface area (Å²) >= 11 is 6.37. The Balaban J connectivity index is 1.81. The highest BCUT2D eigenvalue weighted by atomic mass is 35.5. The van der Waals surface area contributed by atoms with Crippen molar-refractivity contribution in [2.75, 3.05) is 0 Å². The molecule has 1 unspecified atom stereocenters. The topological polar surface area (TPSA) is 26.3 Å². The number of rotatable bonds is 5. The molecule has 0 N–H and O–H groups in total. The molecule has 0 radical (unpaired) electrons. The van der Waals surface area contributed by atoms with Gasteiger partial charge in [0.25, 0.3) is 0 Å². The largest absolute Gasteiger partial charge is 0.460 e. The van der Waals surface area contributed by atoms with Crippen molar-refractivity contribution in [1.82, 2.24) is 0 Å². The molecule has 0 amide bonds. The number of allylic oxidation sites excluding steroid dienone is 1. The molecule has 0 spiro atoms. The van der Waals surface area contributed by atoms with Crippen LogP contribution >= 0.6 is 11.6 Å². The Morgan fingerprint density at radius 2 is 2.04 bits per heavy atom. The van der Waals surface area contributed by atoms with Gasteiger partial charge in [0.1, 0.15) is 5.60 Å². The van der Waals surface area contributed by atoms with Crippen LogP contribution in [0.4, 0.5) is 0 Å². The predicted octanol–water partition coefficient (Wildman–Crippen LogP) is 6.82. The lowest BCUT2D eigenvalue weighted by molar-refractivity contribution is -0.153. The van der Waals surface area contributed by atoms with Gasteiger partial charge in [0.15, 0.2) is 0 Å². The van der Waals surface area contributed by atoms with E-state index in [1.165, 1.54) is 36.0 Å². The number of aryl methyl sites for hydroxylation is 2. The maximum absolute atomic E-state index is 12.0. The SMILES string of the molecule is Cc1ccc(CCC2CCC=C(CC(=O)OC(C)(C)C)CCC2)c(Cl)c1. The van der Waals surface area contributed by atoms with E-state index in [0.29, 0.717) is 6.42 Å². The van der Waals surface area contributed by atoms with E-state index in [4.69, 9.17) is 16.3 Å². The summed E-state index contributed by atoms with van der Waals surface area (Å²) in [5.74, 6) is 0.640. The van der Waals surface area contributed by atoms with Crippen LogP contribution in [0.25, 0.3) is 0 Å². The number of ether oxygens (including phenoxy) is 1. The first-order valence-electron chi connectivity index (χ1n) is 9.88. The van der Waals surface area contributed by atoms with Crippen molar-refractivity contribution < 1.29 is 9.53 Å². The predicted molar refractivity (Wildman–Crippen MR) is 110 cm³/mol. The van der Waals surface area contributed by atoms with Gasteiger partial charge in [-0.25, -0.2) is 0 Å². The molecule has 0 saturated carbocycles. The fraction of sp³-hybridized carbons (Fsp3) is 0.609. The van der Waals surface area contributed by atoms with Crippen molar-refractivity contribution in [2.24, 2.45) is 5.92 Å². The number of carbonyl (C=O) groups excluding carboxylic acids is 1. The fourth-order valence-electron chi connectivity index (χ4n) is 3.61. The maximum atomic E-state index is 12.0. The maximum Gasteiger partial charge on any atom is 0.310 e. The molecule has 0 fully saturated rings. The van der Waals surface area contributed by atoms with Crippen molar-refractivity contribution in [3.8, 4) is 0 Å². The van der Waals surface area contributed by atoms with Crippen LogP contribution in [-0.2, 0) is 16.0 Å². The lowest BCUT2D eigenvalue weighted by Gasteiger charge is -2.22. The van der Waals surface area contributed by atoms with E-state index in [0.717, 1.165) is 36.6 Å². The third-order valence-corrected chi connectivity index (χ3v) is 5.29. The molecule has 0 bridgehead atoms. The van der Waals surface area contributed by atoms with Crippen molar-refractivity contribution in [3.63, 3.8) is 0 Å². The molecular formula is C23H33ClO2. The molecule has 1 atom stereocenters. The highest BCUT2D eigenvalue weighted by Gasteiger charge is 2.19. The molecule has 2 rings (SSSR count). The minimum Gasteiger partial charge on any atom is -0.460 e. The summed E-state index contributed by atoms with van der Waals surface area (Å²) in [7, 11) is 0. The summed E-state index contributed by atoms with van der Waals surface area (Å²) in [5.41, 5.74) is 3.33. The Bertz CT molecular complexity index is 640. The molecule has 1 aliphatic rings. The van der Waals surface area contributed by atoms with E-state index in [1.54, 1.807) is 0 Å². The van der Waals surface area contributed by atoms with Gasteiger partial charge in [0.05, 0.1) is 6.42 Å². The van der Waals surface area contributed by atoms with Gasteiger partial charge in [-0.2, -0.15) is 0 Å². The third-order valence-electron chi connectivity index (χ3n) is 4.94. The molecule has 2 nitrogen and oxygen atoms in total. The zero-order chi connectivity index (χ0) is 19.2. The van der Waals surface area contributed by atoms with Crippen LogP contribution in [0.5, 0.6) is 0 Å². The molecule has 0 aliphatic heterocycles. The van der Waals surface area contributed by atoms with Crippen molar-refractivity contribution >= 4 is 17.6 Å². The molecule has 1 aromatic carbocycles. The Morgan fingerprint density at radius 1 is 1.27 bits per heavy atom. The molecule has 3 heteroatoms. The standard InChI is InChI=1S/C23H33ClO2/c1-17-11-13-20(21(24)15-17)14-12-18-7-5-9-19(10-6-8-18)16-22(25)26-23(2,3)4/h9,11,13,15,18H,5-8,10,12,14,16H2,1-4H3. The van der Waals surface area contributed by atoms with E-state index in [2.05, 4.69) is 31.2 Å². The summed E-state index contributed by atoms with van der Waals surface area (Å²) in [6.45, 7) is 7.83. The molecule has 0 aromatic heterocycles. The third kappa shape index (κ3) is 7.53. The lowest BCUT2D eigenvalue weighted by Crippen LogP contribution is -2.24. The van der Waals surface area contributed by atoms with Crippen LogP contribution in [0.1, 0.15) is 76.8 Å². The van der Waals surface area contributed by atoms with E-state index in [-0.39, 0.29) is 5.97 Å².